The highest BCUT2D eigenvalue weighted by Gasteiger charge is 2.04. The van der Waals surface area contributed by atoms with Crippen molar-refractivity contribution in [2.24, 2.45) is 0 Å². The van der Waals surface area contributed by atoms with Gasteiger partial charge in [0.05, 0.1) is 5.56 Å². The summed E-state index contributed by atoms with van der Waals surface area (Å²) < 4.78 is 0. The standard InChI is InChI=1S/C15H16N2OS.ClH/c1-2-19-14-7-5-12(6-8-14)10-17-15(18)13-4-3-9-16-11-13;/h3-9,11H,2,10H2,1H3,(H,17,18);1H. The third-order valence-corrected chi connectivity index (χ3v) is 3.51. The topological polar surface area (TPSA) is 42.0 Å². The van der Waals surface area contributed by atoms with E-state index in [9.17, 15) is 4.79 Å². The molecule has 2 rings (SSSR count). The van der Waals surface area contributed by atoms with Gasteiger partial charge in [0.1, 0.15) is 0 Å². The molecule has 0 radical (unpaired) electrons. The zero-order valence-electron chi connectivity index (χ0n) is 11.2. The van der Waals surface area contributed by atoms with Crippen LogP contribution in [0.1, 0.15) is 22.8 Å². The van der Waals surface area contributed by atoms with Gasteiger partial charge < -0.3 is 5.32 Å². The van der Waals surface area contributed by atoms with E-state index >= 15 is 0 Å². The summed E-state index contributed by atoms with van der Waals surface area (Å²) in [4.78, 5) is 17.0. The molecule has 1 heterocycles. The Bertz CT molecular complexity index is 531. The molecule has 1 aromatic heterocycles. The van der Waals surface area contributed by atoms with Gasteiger partial charge in [-0.2, -0.15) is 0 Å². The van der Waals surface area contributed by atoms with Crippen LogP contribution in [0, 0.1) is 0 Å². The van der Waals surface area contributed by atoms with Crippen LogP contribution in [0.25, 0.3) is 0 Å². The number of nitrogens with one attached hydrogen (secondary N) is 1. The predicted molar refractivity (Wildman–Crippen MR) is 85.5 cm³/mol. The average Bonchev–Trinajstić information content (AvgIpc) is 2.47. The molecule has 5 heteroatoms. The van der Waals surface area contributed by atoms with Crippen LogP contribution >= 0.6 is 24.2 Å². The van der Waals surface area contributed by atoms with Gasteiger partial charge in [0, 0.05) is 23.8 Å². The molecule has 20 heavy (non-hydrogen) atoms. The predicted octanol–water partition coefficient (Wildman–Crippen LogP) is 3.55. The quantitative estimate of drug-likeness (QED) is 0.859. The van der Waals surface area contributed by atoms with Crippen molar-refractivity contribution in [2.45, 2.75) is 18.4 Å². The fourth-order valence-electron chi connectivity index (χ4n) is 1.65. The van der Waals surface area contributed by atoms with Gasteiger partial charge in [-0.15, -0.1) is 24.2 Å². The number of halogens is 1. The normalized spacial score (nSPS) is 9.65. The van der Waals surface area contributed by atoms with Crippen molar-refractivity contribution >= 4 is 30.1 Å². The molecule has 3 nitrogen and oxygen atoms in total. The summed E-state index contributed by atoms with van der Waals surface area (Å²) in [6.45, 7) is 2.66. The zero-order chi connectivity index (χ0) is 13.5. The molecule has 1 amide bonds. The van der Waals surface area contributed by atoms with Crippen LogP contribution in [0.4, 0.5) is 0 Å². The lowest BCUT2D eigenvalue weighted by Gasteiger charge is -2.06. The molecular weight excluding hydrogens is 292 g/mol. The van der Waals surface area contributed by atoms with Crippen molar-refractivity contribution in [3.63, 3.8) is 0 Å². The molecule has 1 aromatic carbocycles. The number of aromatic nitrogens is 1. The summed E-state index contributed by atoms with van der Waals surface area (Å²) in [5.41, 5.74) is 1.68. The van der Waals surface area contributed by atoms with E-state index in [-0.39, 0.29) is 18.3 Å². The Morgan fingerprint density at radius 3 is 2.60 bits per heavy atom. The van der Waals surface area contributed by atoms with Gasteiger partial charge in [-0.25, -0.2) is 0 Å². The maximum atomic E-state index is 11.8. The zero-order valence-corrected chi connectivity index (χ0v) is 12.8. The number of hydrogen-bond acceptors (Lipinski definition) is 3. The SMILES string of the molecule is CCSc1ccc(CNC(=O)c2cccnc2)cc1.Cl. The Hall–Kier alpha value is -1.52. The van der Waals surface area contributed by atoms with Gasteiger partial charge in [0.2, 0.25) is 0 Å². The molecule has 0 aliphatic rings. The van der Waals surface area contributed by atoms with Crippen LogP contribution in [-0.2, 0) is 6.54 Å². The molecule has 0 bridgehead atoms. The Morgan fingerprint density at radius 2 is 2.00 bits per heavy atom. The molecule has 0 saturated heterocycles. The number of carbonyl (C=O) groups excluding carboxylic acids is 1. The van der Waals surface area contributed by atoms with Crippen LogP contribution in [0.15, 0.2) is 53.7 Å². The minimum Gasteiger partial charge on any atom is -0.348 e. The number of thioether (sulfide) groups is 1. The minimum absolute atomic E-state index is 0. The van der Waals surface area contributed by atoms with Crippen LogP contribution in [-0.4, -0.2) is 16.6 Å². The molecule has 0 aliphatic heterocycles. The average molecular weight is 309 g/mol. The van der Waals surface area contributed by atoms with Crippen LogP contribution in [0.5, 0.6) is 0 Å². The van der Waals surface area contributed by atoms with Gasteiger partial charge in [-0.3, -0.25) is 9.78 Å². The van der Waals surface area contributed by atoms with E-state index in [0.29, 0.717) is 12.1 Å². The second-order valence-electron chi connectivity index (χ2n) is 4.00. The molecule has 0 spiro atoms. The van der Waals surface area contributed by atoms with E-state index in [0.717, 1.165) is 11.3 Å². The maximum absolute atomic E-state index is 11.8. The lowest BCUT2D eigenvalue weighted by molar-refractivity contribution is 0.0950. The molecule has 0 atom stereocenters. The molecule has 0 aliphatic carbocycles. The van der Waals surface area contributed by atoms with Gasteiger partial charge in [-0.05, 0) is 35.6 Å². The Balaban J connectivity index is 0.00000200. The second kappa shape index (κ2) is 8.61. The first-order valence-corrected chi connectivity index (χ1v) is 7.18. The summed E-state index contributed by atoms with van der Waals surface area (Å²) in [5.74, 6) is 0.969. The number of pyridine rings is 1. The molecule has 106 valence electrons. The highest BCUT2D eigenvalue weighted by Crippen LogP contribution is 2.17. The van der Waals surface area contributed by atoms with Crippen molar-refractivity contribution in [2.75, 3.05) is 5.75 Å². The monoisotopic (exact) mass is 308 g/mol. The van der Waals surface area contributed by atoms with E-state index in [1.165, 1.54) is 4.90 Å². The van der Waals surface area contributed by atoms with Crippen LogP contribution < -0.4 is 5.32 Å². The lowest BCUT2D eigenvalue weighted by Crippen LogP contribution is -2.22. The van der Waals surface area contributed by atoms with Gasteiger partial charge in [0.25, 0.3) is 5.91 Å². The highest BCUT2D eigenvalue weighted by atomic mass is 35.5. The number of nitrogens with zero attached hydrogens (tertiary/aromatic N) is 1. The van der Waals surface area contributed by atoms with Crippen molar-refractivity contribution in [3.8, 4) is 0 Å². The number of amides is 1. The van der Waals surface area contributed by atoms with E-state index < -0.39 is 0 Å². The highest BCUT2D eigenvalue weighted by molar-refractivity contribution is 7.99. The summed E-state index contributed by atoms with van der Waals surface area (Å²) in [6.07, 6.45) is 3.22. The molecular formula is C15H17ClN2OS. The van der Waals surface area contributed by atoms with Crippen LogP contribution in [0.2, 0.25) is 0 Å². The number of rotatable bonds is 5. The maximum Gasteiger partial charge on any atom is 0.253 e. The van der Waals surface area contributed by atoms with Gasteiger partial charge >= 0.3 is 0 Å². The fourth-order valence-corrected chi connectivity index (χ4v) is 2.31. The van der Waals surface area contributed by atoms with E-state index in [1.807, 2.05) is 23.9 Å². The van der Waals surface area contributed by atoms with Crippen molar-refractivity contribution in [1.82, 2.24) is 10.3 Å². The number of hydrogen-bond donors (Lipinski definition) is 1. The second-order valence-corrected chi connectivity index (χ2v) is 5.34. The fraction of sp³-hybridized carbons (Fsp3) is 0.200. The van der Waals surface area contributed by atoms with Crippen molar-refractivity contribution in [3.05, 3.63) is 59.9 Å². The first-order chi connectivity index (χ1) is 9.29. The van der Waals surface area contributed by atoms with E-state index in [4.69, 9.17) is 0 Å². The van der Waals surface area contributed by atoms with Gasteiger partial charge in [0.15, 0.2) is 0 Å². The molecule has 1 N–H and O–H groups in total. The van der Waals surface area contributed by atoms with Crippen LogP contribution in [0.3, 0.4) is 0 Å². The molecule has 0 saturated carbocycles. The molecule has 2 aromatic rings. The third kappa shape index (κ3) is 4.87. The largest absolute Gasteiger partial charge is 0.348 e. The van der Waals surface area contributed by atoms with Gasteiger partial charge in [-0.1, -0.05) is 19.1 Å². The Morgan fingerprint density at radius 1 is 1.25 bits per heavy atom. The first-order valence-electron chi connectivity index (χ1n) is 6.19. The Kier molecular flexibility index (Phi) is 7.12. The summed E-state index contributed by atoms with van der Waals surface area (Å²) >= 11 is 1.81. The number of carbonyl (C=O) groups is 1. The van der Waals surface area contributed by atoms with Crippen molar-refractivity contribution < 1.29 is 4.79 Å². The van der Waals surface area contributed by atoms with E-state index in [2.05, 4.69) is 29.4 Å². The molecule has 0 unspecified atom stereocenters. The number of benzene rings is 1. The first kappa shape index (κ1) is 16.5. The smallest absolute Gasteiger partial charge is 0.253 e. The summed E-state index contributed by atoms with van der Waals surface area (Å²) in [5, 5.41) is 2.88. The lowest BCUT2D eigenvalue weighted by atomic mass is 10.2. The summed E-state index contributed by atoms with van der Waals surface area (Å²) in [7, 11) is 0. The third-order valence-electron chi connectivity index (χ3n) is 2.61. The van der Waals surface area contributed by atoms with E-state index in [1.54, 1.807) is 24.5 Å². The Labute approximate surface area is 129 Å². The molecule has 0 fully saturated rings. The summed E-state index contributed by atoms with van der Waals surface area (Å²) in [6, 6.07) is 11.8. The van der Waals surface area contributed by atoms with Crippen molar-refractivity contribution in [1.29, 1.82) is 0 Å². The minimum atomic E-state index is -0.0971.